The lowest BCUT2D eigenvalue weighted by Crippen LogP contribution is -2.27. The number of anilines is 1. The Labute approximate surface area is 164 Å². The number of amides is 1. The summed E-state index contributed by atoms with van der Waals surface area (Å²) in [4.78, 5) is 19.0. The summed E-state index contributed by atoms with van der Waals surface area (Å²) in [5.41, 5.74) is 3.66. The molecule has 1 aliphatic heterocycles. The zero-order valence-corrected chi connectivity index (χ0v) is 16.4. The molecule has 0 radical (unpaired) electrons. The number of benzene rings is 1. The van der Waals surface area contributed by atoms with E-state index >= 15 is 0 Å². The molecule has 0 unspecified atom stereocenters. The van der Waals surface area contributed by atoms with E-state index in [0.29, 0.717) is 24.6 Å². The van der Waals surface area contributed by atoms with Gasteiger partial charge in [0.1, 0.15) is 0 Å². The number of aromatic nitrogens is 3. The molecule has 146 valence electrons. The fraction of sp³-hybridized carbons (Fsp3) is 0.381. The van der Waals surface area contributed by atoms with E-state index in [9.17, 15) is 4.79 Å². The van der Waals surface area contributed by atoms with Crippen molar-refractivity contribution in [2.75, 3.05) is 38.6 Å². The Kier molecular flexibility index (Phi) is 5.25. The van der Waals surface area contributed by atoms with E-state index in [4.69, 9.17) is 5.10 Å². The molecule has 4 rings (SSSR count). The van der Waals surface area contributed by atoms with Gasteiger partial charge in [-0.05, 0) is 43.3 Å². The minimum atomic E-state index is -0.0756. The molecule has 0 aliphatic carbocycles. The Morgan fingerprint density at radius 2 is 2.21 bits per heavy atom. The largest absolute Gasteiger partial charge is 0.378 e. The second kappa shape index (κ2) is 7.98. The van der Waals surface area contributed by atoms with Crippen molar-refractivity contribution < 1.29 is 4.79 Å². The van der Waals surface area contributed by atoms with E-state index in [1.165, 1.54) is 0 Å². The highest BCUT2D eigenvalue weighted by Gasteiger charge is 2.23. The first kappa shape index (κ1) is 18.4. The number of nitrogens with one attached hydrogen (secondary N) is 2. The molecule has 2 aromatic heterocycles. The fourth-order valence-electron chi connectivity index (χ4n) is 3.68. The van der Waals surface area contributed by atoms with Crippen LogP contribution < -0.4 is 15.5 Å². The second-order valence-corrected chi connectivity index (χ2v) is 7.37. The monoisotopic (exact) mass is 378 g/mol. The maximum absolute atomic E-state index is 12.5. The highest BCUT2D eigenvalue weighted by molar-refractivity contribution is 5.95. The van der Waals surface area contributed by atoms with Crippen LogP contribution in [0.1, 0.15) is 28.4 Å². The molecule has 3 aromatic rings. The standard InChI is InChI=1S/C21H26N6O/c1-26(2)17-6-3-5-15(13-17)21(28)24-11-12-27-20-18(7-4-9-23-20)19(25-27)16-8-10-22-14-16/h3-7,9,13,16,22H,8,10-12,14H2,1-2H3,(H,24,28)/t16-/m1/s1. The van der Waals surface area contributed by atoms with Gasteiger partial charge < -0.3 is 15.5 Å². The van der Waals surface area contributed by atoms with Crippen LogP contribution in [0.4, 0.5) is 5.69 Å². The number of rotatable bonds is 6. The Bertz CT molecular complexity index is 974. The van der Waals surface area contributed by atoms with Crippen LogP contribution in [0.15, 0.2) is 42.6 Å². The first-order chi connectivity index (χ1) is 13.6. The molecule has 1 saturated heterocycles. The molecule has 7 nitrogen and oxygen atoms in total. The molecule has 0 spiro atoms. The first-order valence-electron chi connectivity index (χ1n) is 9.71. The molecule has 1 atom stereocenters. The lowest BCUT2D eigenvalue weighted by Gasteiger charge is -2.13. The summed E-state index contributed by atoms with van der Waals surface area (Å²) >= 11 is 0. The molecule has 2 N–H and O–H groups in total. The summed E-state index contributed by atoms with van der Waals surface area (Å²) < 4.78 is 1.92. The quantitative estimate of drug-likeness (QED) is 0.686. The topological polar surface area (TPSA) is 75.1 Å². The highest BCUT2D eigenvalue weighted by Crippen LogP contribution is 2.27. The Hall–Kier alpha value is -2.93. The predicted molar refractivity (Wildman–Crippen MR) is 111 cm³/mol. The lowest BCUT2D eigenvalue weighted by molar-refractivity contribution is 0.0952. The van der Waals surface area contributed by atoms with Crippen molar-refractivity contribution in [3.63, 3.8) is 0 Å². The minimum Gasteiger partial charge on any atom is -0.378 e. The number of carbonyl (C=O) groups excluding carboxylic acids is 1. The third-order valence-corrected chi connectivity index (χ3v) is 5.22. The van der Waals surface area contributed by atoms with Crippen LogP contribution in [-0.2, 0) is 6.54 Å². The van der Waals surface area contributed by atoms with Gasteiger partial charge in [-0.3, -0.25) is 4.79 Å². The Morgan fingerprint density at radius 3 is 3.00 bits per heavy atom. The van der Waals surface area contributed by atoms with E-state index in [1.54, 1.807) is 6.20 Å². The zero-order valence-electron chi connectivity index (χ0n) is 16.4. The van der Waals surface area contributed by atoms with E-state index in [-0.39, 0.29) is 5.91 Å². The summed E-state index contributed by atoms with van der Waals surface area (Å²) in [6.45, 7) is 3.08. The summed E-state index contributed by atoms with van der Waals surface area (Å²) in [5.74, 6) is 0.352. The van der Waals surface area contributed by atoms with Gasteiger partial charge in [-0.2, -0.15) is 5.10 Å². The molecule has 0 saturated carbocycles. The van der Waals surface area contributed by atoms with E-state index in [1.807, 2.05) is 54.0 Å². The van der Waals surface area contributed by atoms with Crippen molar-refractivity contribution in [1.29, 1.82) is 0 Å². The lowest BCUT2D eigenvalue weighted by atomic mass is 10.0. The van der Waals surface area contributed by atoms with Crippen LogP contribution in [0.3, 0.4) is 0 Å². The maximum atomic E-state index is 12.5. The Balaban J connectivity index is 1.46. The van der Waals surface area contributed by atoms with Gasteiger partial charge >= 0.3 is 0 Å². The molecule has 28 heavy (non-hydrogen) atoms. The number of hydrogen-bond acceptors (Lipinski definition) is 5. The number of fused-ring (bicyclic) bond motifs is 1. The summed E-state index contributed by atoms with van der Waals surface area (Å²) in [6.07, 6.45) is 2.89. The molecule has 0 bridgehead atoms. The molecular weight excluding hydrogens is 352 g/mol. The van der Waals surface area contributed by atoms with Crippen molar-refractivity contribution in [2.24, 2.45) is 0 Å². The van der Waals surface area contributed by atoms with Crippen LogP contribution in [0.2, 0.25) is 0 Å². The number of pyridine rings is 1. The first-order valence-corrected chi connectivity index (χ1v) is 9.71. The minimum absolute atomic E-state index is 0.0756. The smallest absolute Gasteiger partial charge is 0.251 e. The third-order valence-electron chi connectivity index (χ3n) is 5.22. The molecule has 1 aliphatic rings. The molecule has 1 amide bonds. The van der Waals surface area contributed by atoms with Gasteiger partial charge in [-0.1, -0.05) is 6.07 Å². The average molecular weight is 378 g/mol. The van der Waals surface area contributed by atoms with Gasteiger partial charge in [-0.15, -0.1) is 0 Å². The number of carbonyl (C=O) groups is 1. The van der Waals surface area contributed by atoms with Gasteiger partial charge in [-0.25, -0.2) is 9.67 Å². The van der Waals surface area contributed by atoms with Crippen LogP contribution in [0, 0.1) is 0 Å². The van der Waals surface area contributed by atoms with Crippen LogP contribution in [0.5, 0.6) is 0 Å². The van der Waals surface area contributed by atoms with Crippen molar-refractivity contribution >= 4 is 22.6 Å². The van der Waals surface area contributed by atoms with E-state index in [2.05, 4.69) is 21.7 Å². The molecule has 1 fully saturated rings. The highest BCUT2D eigenvalue weighted by atomic mass is 16.1. The molecule has 7 heteroatoms. The second-order valence-electron chi connectivity index (χ2n) is 7.37. The average Bonchev–Trinajstić information content (AvgIpc) is 3.36. The van der Waals surface area contributed by atoms with Gasteiger partial charge in [0.15, 0.2) is 5.65 Å². The maximum Gasteiger partial charge on any atom is 0.251 e. The van der Waals surface area contributed by atoms with Crippen molar-refractivity contribution in [1.82, 2.24) is 25.4 Å². The number of nitrogens with zero attached hydrogens (tertiary/aromatic N) is 4. The predicted octanol–water partition coefficient (Wildman–Crippen LogP) is 2.00. The van der Waals surface area contributed by atoms with E-state index in [0.717, 1.165) is 41.9 Å². The van der Waals surface area contributed by atoms with Crippen LogP contribution >= 0.6 is 0 Å². The van der Waals surface area contributed by atoms with Crippen molar-refractivity contribution in [2.45, 2.75) is 18.9 Å². The fourth-order valence-corrected chi connectivity index (χ4v) is 3.68. The van der Waals surface area contributed by atoms with E-state index < -0.39 is 0 Å². The number of hydrogen-bond donors (Lipinski definition) is 2. The van der Waals surface area contributed by atoms with Crippen molar-refractivity contribution in [3.8, 4) is 0 Å². The van der Waals surface area contributed by atoms with Crippen LogP contribution in [0.25, 0.3) is 11.0 Å². The summed E-state index contributed by atoms with van der Waals surface area (Å²) in [6, 6.07) is 11.7. The van der Waals surface area contributed by atoms with Gasteiger partial charge in [0.2, 0.25) is 0 Å². The van der Waals surface area contributed by atoms with Crippen molar-refractivity contribution in [3.05, 3.63) is 53.9 Å². The normalized spacial score (nSPS) is 16.4. The SMILES string of the molecule is CN(C)c1cccc(C(=O)NCCn2nc([C@@H]3CCNC3)c3cccnc32)c1. The van der Waals surface area contributed by atoms with Gasteiger partial charge in [0, 0.05) is 55.9 Å². The van der Waals surface area contributed by atoms with Gasteiger partial charge in [0.05, 0.1) is 12.2 Å². The Morgan fingerprint density at radius 1 is 1.32 bits per heavy atom. The zero-order chi connectivity index (χ0) is 19.5. The summed E-state index contributed by atoms with van der Waals surface area (Å²) in [5, 5.41) is 12.3. The molecular formula is C21H26N6O. The third kappa shape index (κ3) is 3.71. The molecule has 3 heterocycles. The van der Waals surface area contributed by atoms with Crippen LogP contribution in [-0.4, -0.2) is 54.4 Å². The molecule has 1 aromatic carbocycles. The summed E-state index contributed by atoms with van der Waals surface area (Å²) in [7, 11) is 3.93. The van der Waals surface area contributed by atoms with Gasteiger partial charge in [0.25, 0.3) is 5.91 Å².